The Kier molecular flexibility index (Phi) is 4.37. The molecule has 3 nitrogen and oxygen atoms in total. The fraction of sp³-hybridized carbons (Fsp3) is 0.0667. The summed E-state index contributed by atoms with van der Waals surface area (Å²) >= 11 is 1.64. The molecule has 0 amide bonds. The number of aromatic amines is 1. The molecule has 0 atom stereocenters. The molecule has 0 unspecified atom stereocenters. The van der Waals surface area contributed by atoms with Gasteiger partial charge in [-0.15, -0.1) is 11.3 Å². The average molecular weight is 305 g/mol. The summed E-state index contributed by atoms with van der Waals surface area (Å²) in [4.78, 5) is 16.3. The molecule has 5 heteroatoms. The van der Waals surface area contributed by atoms with Gasteiger partial charge in [0.1, 0.15) is 0 Å². The highest BCUT2D eigenvalue weighted by Gasteiger charge is 2.19. The normalized spacial score (nSPS) is 10.1. The molecule has 3 aromatic heterocycles. The molecule has 0 aromatic carbocycles. The number of pyridine rings is 2. The van der Waals surface area contributed by atoms with Crippen LogP contribution in [0.15, 0.2) is 59.0 Å². The lowest BCUT2D eigenvalue weighted by Crippen LogP contribution is -3.00. The molecule has 0 aliphatic carbocycles. The number of aromatic nitrogens is 2. The van der Waals surface area contributed by atoms with Crippen molar-refractivity contribution in [1.82, 2.24) is 4.98 Å². The highest BCUT2D eigenvalue weighted by atomic mass is 35.5. The van der Waals surface area contributed by atoms with Gasteiger partial charge in [-0.3, -0.25) is 4.79 Å². The highest BCUT2D eigenvalue weighted by molar-refractivity contribution is 7.13. The van der Waals surface area contributed by atoms with Gasteiger partial charge in [-0.2, -0.15) is 4.57 Å². The number of H-pyrrole nitrogens is 1. The van der Waals surface area contributed by atoms with Gasteiger partial charge < -0.3 is 17.4 Å². The molecular weight excluding hydrogens is 292 g/mol. The van der Waals surface area contributed by atoms with Crippen molar-refractivity contribution in [2.75, 3.05) is 0 Å². The fourth-order valence-corrected chi connectivity index (χ4v) is 2.85. The highest BCUT2D eigenvalue weighted by Crippen LogP contribution is 2.26. The number of hydrogen-bond donors (Lipinski definition) is 1. The van der Waals surface area contributed by atoms with Gasteiger partial charge in [-0.1, -0.05) is 12.1 Å². The first-order chi connectivity index (χ1) is 9.25. The topological polar surface area (TPSA) is 36.7 Å². The molecule has 3 aromatic rings. The third-order valence-corrected chi connectivity index (χ3v) is 3.81. The van der Waals surface area contributed by atoms with Crippen LogP contribution in [-0.2, 0) is 0 Å². The Labute approximate surface area is 127 Å². The van der Waals surface area contributed by atoms with E-state index in [2.05, 4.69) is 4.98 Å². The van der Waals surface area contributed by atoms with Crippen LogP contribution in [-0.4, -0.2) is 4.98 Å². The van der Waals surface area contributed by atoms with Crippen molar-refractivity contribution in [1.29, 1.82) is 0 Å². The van der Waals surface area contributed by atoms with Crippen LogP contribution < -0.4 is 22.5 Å². The summed E-state index contributed by atoms with van der Waals surface area (Å²) in [5.74, 6) is 0. The van der Waals surface area contributed by atoms with E-state index in [9.17, 15) is 4.79 Å². The maximum Gasteiger partial charge on any atom is 0.321 e. The Morgan fingerprint density at radius 3 is 2.55 bits per heavy atom. The van der Waals surface area contributed by atoms with E-state index < -0.39 is 0 Å². The van der Waals surface area contributed by atoms with Gasteiger partial charge in [0.25, 0.3) is 5.69 Å². The second-order valence-corrected chi connectivity index (χ2v) is 5.25. The second-order valence-electron chi connectivity index (χ2n) is 4.30. The monoisotopic (exact) mass is 304 g/mol. The van der Waals surface area contributed by atoms with Crippen LogP contribution in [0.2, 0.25) is 0 Å². The number of halogens is 1. The smallest absolute Gasteiger partial charge is 0.321 e. The van der Waals surface area contributed by atoms with Crippen LogP contribution >= 0.6 is 11.3 Å². The van der Waals surface area contributed by atoms with Crippen molar-refractivity contribution in [2.24, 2.45) is 0 Å². The average Bonchev–Trinajstić information content (AvgIpc) is 2.92. The number of thiophene rings is 1. The summed E-state index contributed by atoms with van der Waals surface area (Å²) in [7, 11) is 0. The number of aryl methyl sites for hydroxylation is 1. The predicted molar refractivity (Wildman–Crippen MR) is 76.6 cm³/mol. The van der Waals surface area contributed by atoms with E-state index in [-0.39, 0.29) is 18.0 Å². The molecule has 3 rings (SSSR count). The molecular formula is C15H13ClN2OS. The van der Waals surface area contributed by atoms with Gasteiger partial charge in [0, 0.05) is 22.7 Å². The van der Waals surface area contributed by atoms with Crippen molar-refractivity contribution in [3.05, 3.63) is 70.2 Å². The molecule has 1 N–H and O–H groups in total. The summed E-state index contributed by atoms with van der Waals surface area (Å²) < 4.78 is 1.85. The maximum absolute atomic E-state index is 12.3. The molecule has 0 fully saturated rings. The van der Waals surface area contributed by atoms with Crippen molar-refractivity contribution < 1.29 is 17.0 Å². The van der Waals surface area contributed by atoms with Gasteiger partial charge in [0.15, 0.2) is 12.4 Å². The van der Waals surface area contributed by atoms with Crippen LogP contribution in [0.1, 0.15) is 5.69 Å². The van der Waals surface area contributed by atoms with Crippen LogP contribution in [0, 0.1) is 6.92 Å². The lowest BCUT2D eigenvalue weighted by molar-refractivity contribution is -0.596. The Hall–Kier alpha value is -1.91. The molecule has 0 saturated carbocycles. The van der Waals surface area contributed by atoms with E-state index in [1.54, 1.807) is 11.3 Å². The van der Waals surface area contributed by atoms with Gasteiger partial charge in [-0.05, 0) is 24.4 Å². The summed E-state index contributed by atoms with van der Waals surface area (Å²) in [6.07, 6.45) is 3.77. The third-order valence-electron chi connectivity index (χ3n) is 2.90. The zero-order valence-electron chi connectivity index (χ0n) is 10.8. The van der Waals surface area contributed by atoms with E-state index in [0.29, 0.717) is 5.69 Å². The lowest BCUT2D eigenvalue weighted by atomic mass is 10.1. The standard InChI is InChI=1S/C15H12N2OS.ClH/c1-11-10-12(13-6-5-9-19-13)14(15(18)16-11)17-7-3-2-4-8-17;/h2-10H,1H3;1H. The molecule has 0 aliphatic heterocycles. The van der Waals surface area contributed by atoms with Gasteiger partial charge >= 0.3 is 5.56 Å². The van der Waals surface area contributed by atoms with E-state index in [1.165, 1.54) is 0 Å². The fourth-order valence-electron chi connectivity index (χ4n) is 2.11. The minimum absolute atomic E-state index is 0. The minimum Gasteiger partial charge on any atom is -1.00 e. The molecule has 0 saturated heterocycles. The zero-order valence-corrected chi connectivity index (χ0v) is 12.4. The predicted octanol–water partition coefficient (Wildman–Crippen LogP) is -0.307. The molecule has 0 spiro atoms. The van der Waals surface area contributed by atoms with Crippen molar-refractivity contribution in [3.63, 3.8) is 0 Å². The van der Waals surface area contributed by atoms with Crippen molar-refractivity contribution in [2.45, 2.75) is 6.92 Å². The maximum atomic E-state index is 12.3. The van der Waals surface area contributed by atoms with E-state index in [1.807, 2.05) is 65.7 Å². The number of nitrogens with zero attached hydrogens (tertiary/aromatic N) is 1. The molecule has 0 bridgehead atoms. The summed E-state index contributed by atoms with van der Waals surface area (Å²) in [6.45, 7) is 1.90. The zero-order chi connectivity index (χ0) is 13.2. The quantitative estimate of drug-likeness (QED) is 0.648. The van der Waals surface area contributed by atoms with Crippen LogP contribution in [0.3, 0.4) is 0 Å². The van der Waals surface area contributed by atoms with E-state index >= 15 is 0 Å². The summed E-state index contributed by atoms with van der Waals surface area (Å²) in [5.41, 5.74) is 2.43. The first-order valence-corrected chi connectivity index (χ1v) is 6.88. The first-order valence-electron chi connectivity index (χ1n) is 6.00. The van der Waals surface area contributed by atoms with Crippen LogP contribution in [0.25, 0.3) is 16.1 Å². The SMILES string of the molecule is Cc1cc(-c2cccs2)c(-[n+]2ccccc2)c(=O)[nH]1.[Cl-]. The summed E-state index contributed by atoms with van der Waals surface area (Å²) in [6, 6.07) is 11.8. The van der Waals surface area contributed by atoms with Crippen molar-refractivity contribution >= 4 is 11.3 Å². The lowest BCUT2D eigenvalue weighted by Gasteiger charge is -2.03. The molecule has 102 valence electrons. The van der Waals surface area contributed by atoms with E-state index in [0.717, 1.165) is 16.1 Å². The molecule has 0 aliphatic rings. The second kappa shape index (κ2) is 6.03. The molecule has 0 radical (unpaired) electrons. The van der Waals surface area contributed by atoms with Crippen molar-refractivity contribution in [3.8, 4) is 16.1 Å². The number of hydrogen-bond acceptors (Lipinski definition) is 2. The van der Waals surface area contributed by atoms with Gasteiger partial charge in [-0.25, -0.2) is 0 Å². The van der Waals surface area contributed by atoms with Gasteiger partial charge in [0.05, 0.1) is 5.56 Å². The Morgan fingerprint density at radius 1 is 1.15 bits per heavy atom. The largest absolute Gasteiger partial charge is 1.00 e. The van der Waals surface area contributed by atoms with Crippen LogP contribution in [0.4, 0.5) is 0 Å². The number of nitrogens with one attached hydrogen (secondary N) is 1. The van der Waals surface area contributed by atoms with Gasteiger partial charge in [0.2, 0.25) is 0 Å². The van der Waals surface area contributed by atoms with E-state index in [4.69, 9.17) is 0 Å². The van der Waals surface area contributed by atoms with Crippen LogP contribution in [0.5, 0.6) is 0 Å². The molecule has 3 heterocycles. The third kappa shape index (κ3) is 2.66. The molecule has 20 heavy (non-hydrogen) atoms. The Bertz CT molecular complexity index is 751. The number of rotatable bonds is 2. The minimum atomic E-state index is -0.0698. The Morgan fingerprint density at radius 2 is 1.90 bits per heavy atom. The summed E-state index contributed by atoms with van der Waals surface area (Å²) in [5, 5.41) is 2.02. The Balaban J connectivity index is 0.00000147. The first kappa shape index (κ1) is 14.5.